The third kappa shape index (κ3) is 5.53. The number of hydrogen-bond donors (Lipinski definition) is 0. The van der Waals surface area contributed by atoms with Gasteiger partial charge >= 0.3 is 0 Å². The van der Waals surface area contributed by atoms with Gasteiger partial charge in [-0.15, -0.1) is 0 Å². The summed E-state index contributed by atoms with van der Waals surface area (Å²) in [5.74, 6) is -0.131. The van der Waals surface area contributed by atoms with E-state index in [9.17, 15) is 4.79 Å². The lowest BCUT2D eigenvalue weighted by Crippen LogP contribution is -2.35. The Bertz CT molecular complexity index is 1350. The molecule has 0 aliphatic carbocycles. The van der Waals surface area contributed by atoms with Crippen LogP contribution in [0.5, 0.6) is 0 Å². The van der Waals surface area contributed by atoms with Crippen molar-refractivity contribution in [1.29, 1.82) is 0 Å². The third-order valence-corrected chi connectivity index (χ3v) is 6.16. The van der Waals surface area contributed by atoms with Gasteiger partial charge in [-0.1, -0.05) is 60.7 Å². The van der Waals surface area contributed by atoms with Gasteiger partial charge in [-0.3, -0.25) is 19.7 Å². The van der Waals surface area contributed by atoms with Gasteiger partial charge in [0.1, 0.15) is 0 Å². The fourth-order valence-electron chi connectivity index (χ4n) is 4.34. The van der Waals surface area contributed by atoms with Crippen LogP contribution >= 0.6 is 0 Å². The maximum Gasteiger partial charge on any atom is 0.254 e. The smallest absolute Gasteiger partial charge is 0.254 e. The number of rotatable bonds is 8. The molecule has 0 unspecified atom stereocenters. The molecule has 0 fully saturated rings. The summed E-state index contributed by atoms with van der Waals surface area (Å²) in [6.45, 7) is 0.856. The van der Waals surface area contributed by atoms with Gasteiger partial charge in [0.15, 0.2) is 0 Å². The van der Waals surface area contributed by atoms with Gasteiger partial charge < -0.3 is 4.90 Å². The highest BCUT2D eigenvalue weighted by atomic mass is 16.2. The highest BCUT2D eigenvalue weighted by Crippen LogP contribution is 2.27. The fourth-order valence-corrected chi connectivity index (χ4v) is 4.34. The zero-order valence-electron chi connectivity index (χ0n) is 19.8. The monoisotopic (exact) mass is 470 g/mol. The average Bonchev–Trinajstić information content (AvgIpc) is 2.97. The summed E-state index contributed by atoms with van der Waals surface area (Å²) in [7, 11) is 0. The summed E-state index contributed by atoms with van der Waals surface area (Å²) in [6, 6.07) is 31.6. The molecule has 5 aromatic rings. The quantitative estimate of drug-likeness (QED) is 0.279. The molecule has 5 heteroatoms. The molecule has 0 N–H and O–H groups in total. The highest BCUT2D eigenvalue weighted by Gasteiger charge is 2.24. The number of amides is 1. The topological polar surface area (TPSA) is 59.0 Å². The maximum atomic E-state index is 14.0. The fraction of sp³-hybridized carbons (Fsp3) is 0.0968. The number of carbonyl (C=O) groups excluding carboxylic acids is 1. The van der Waals surface area contributed by atoms with Crippen molar-refractivity contribution >= 4 is 5.91 Å². The van der Waals surface area contributed by atoms with Gasteiger partial charge in [0.25, 0.3) is 5.91 Å². The van der Waals surface area contributed by atoms with Gasteiger partial charge in [-0.25, -0.2) is 0 Å². The standard InChI is InChI=1S/C31H26N4O/c36-31(26-12-6-11-25(19-26)24-9-2-1-3-10-24)35(22-29-15-4-5-18-34-29)23-30(27-13-7-16-32-20-27)28-14-8-17-33-21-28/h1-21,30H,22-23H2. The largest absolute Gasteiger partial charge is 0.332 e. The van der Waals surface area contributed by atoms with E-state index in [4.69, 9.17) is 0 Å². The summed E-state index contributed by atoms with van der Waals surface area (Å²) < 4.78 is 0. The molecular weight excluding hydrogens is 444 g/mol. The van der Waals surface area contributed by atoms with E-state index in [0.29, 0.717) is 18.7 Å². The van der Waals surface area contributed by atoms with Gasteiger partial charge in [-0.05, 0) is 58.7 Å². The minimum Gasteiger partial charge on any atom is -0.332 e. The second kappa shape index (κ2) is 11.2. The van der Waals surface area contributed by atoms with Gasteiger partial charge in [0.2, 0.25) is 0 Å². The molecule has 2 aromatic carbocycles. The van der Waals surface area contributed by atoms with Crippen LogP contribution in [0, 0.1) is 0 Å². The Labute approximate surface area is 211 Å². The number of hydrogen-bond acceptors (Lipinski definition) is 4. The Kier molecular flexibility index (Phi) is 7.19. The lowest BCUT2D eigenvalue weighted by atomic mass is 9.92. The van der Waals surface area contributed by atoms with Crippen LogP contribution in [-0.2, 0) is 6.54 Å². The molecule has 5 rings (SSSR count). The lowest BCUT2D eigenvalue weighted by molar-refractivity contribution is 0.0735. The van der Waals surface area contributed by atoms with E-state index in [-0.39, 0.29) is 11.8 Å². The van der Waals surface area contributed by atoms with Crippen LogP contribution in [0.2, 0.25) is 0 Å². The third-order valence-electron chi connectivity index (χ3n) is 6.16. The van der Waals surface area contributed by atoms with Crippen molar-refractivity contribution in [3.63, 3.8) is 0 Å². The number of pyridine rings is 3. The van der Waals surface area contributed by atoms with Crippen LogP contribution in [-0.4, -0.2) is 32.3 Å². The molecule has 0 atom stereocenters. The zero-order chi connectivity index (χ0) is 24.6. The molecule has 3 aromatic heterocycles. The van der Waals surface area contributed by atoms with Gasteiger partial charge in [0, 0.05) is 49.0 Å². The van der Waals surface area contributed by atoms with Crippen molar-refractivity contribution in [3.05, 3.63) is 150 Å². The molecule has 5 nitrogen and oxygen atoms in total. The van der Waals surface area contributed by atoms with Crippen molar-refractivity contribution in [2.45, 2.75) is 12.5 Å². The lowest BCUT2D eigenvalue weighted by Gasteiger charge is -2.28. The van der Waals surface area contributed by atoms with Crippen LogP contribution < -0.4 is 0 Å². The van der Waals surface area contributed by atoms with Crippen LogP contribution in [0.4, 0.5) is 0 Å². The summed E-state index contributed by atoms with van der Waals surface area (Å²) in [5, 5.41) is 0. The van der Waals surface area contributed by atoms with E-state index in [1.54, 1.807) is 18.6 Å². The first kappa shape index (κ1) is 23.1. The van der Waals surface area contributed by atoms with E-state index in [1.807, 2.05) is 102 Å². The SMILES string of the molecule is O=C(c1cccc(-c2ccccc2)c1)N(Cc1ccccn1)CC(c1cccnc1)c1cccnc1. The summed E-state index contributed by atoms with van der Waals surface area (Å²) in [6.07, 6.45) is 8.99. The van der Waals surface area contributed by atoms with E-state index in [2.05, 4.69) is 27.1 Å². The second-order valence-corrected chi connectivity index (χ2v) is 8.58. The minimum atomic E-state index is -0.0858. The normalized spacial score (nSPS) is 10.8. The molecule has 36 heavy (non-hydrogen) atoms. The number of benzene rings is 2. The van der Waals surface area contributed by atoms with Crippen LogP contribution in [0.3, 0.4) is 0 Å². The summed E-state index contributed by atoms with van der Waals surface area (Å²) in [5.41, 5.74) is 5.62. The van der Waals surface area contributed by atoms with Gasteiger partial charge in [0.05, 0.1) is 12.2 Å². The minimum absolute atomic E-state index is 0.0452. The first-order valence-corrected chi connectivity index (χ1v) is 11.9. The molecule has 1 amide bonds. The Balaban J connectivity index is 1.51. The van der Waals surface area contributed by atoms with Crippen molar-refractivity contribution < 1.29 is 4.79 Å². The van der Waals surface area contributed by atoms with Crippen molar-refractivity contribution in [2.24, 2.45) is 0 Å². The van der Waals surface area contributed by atoms with Crippen LogP contribution in [0.1, 0.15) is 33.1 Å². The summed E-state index contributed by atoms with van der Waals surface area (Å²) >= 11 is 0. The Morgan fingerprint density at radius 3 is 2.03 bits per heavy atom. The van der Waals surface area contributed by atoms with Crippen molar-refractivity contribution in [1.82, 2.24) is 19.9 Å². The second-order valence-electron chi connectivity index (χ2n) is 8.58. The van der Waals surface area contributed by atoms with Gasteiger partial charge in [-0.2, -0.15) is 0 Å². The van der Waals surface area contributed by atoms with Crippen LogP contribution in [0.25, 0.3) is 11.1 Å². The van der Waals surface area contributed by atoms with Crippen molar-refractivity contribution in [3.8, 4) is 11.1 Å². The molecule has 0 saturated heterocycles. The molecule has 0 aliphatic rings. The number of aromatic nitrogens is 3. The van der Waals surface area contributed by atoms with Crippen molar-refractivity contribution in [2.75, 3.05) is 6.54 Å². The number of nitrogens with zero attached hydrogens (tertiary/aromatic N) is 4. The van der Waals surface area contributed by atoms with E-state index in [0.717, 1.165) is 27.9 Å². The molecule has 0 radical (unpaired) electrons. The molecule has 0 aliphatic heterocycles. The molecule has 0 saturated carbocycles. The van der Waals surface area contributed by atoms with Crippen LogP contribution in [0.15, 0.2) is 128 Å². The highest BCUT2D eigenvalue weighted by molar-refractivity contribution is 5.95. The predicted octanol–water partition coefficient (Wildman–Crippen LogP) is 6.01. The summed E-state index contributed by atoms with van der Waals surface area (Å²) in [4.78, 5) is 29.0. The average molecular weight is 471 g/mol. The first-order chi connectivity index (χ1) is 17.8. The molecule has 0 spiro atoms. The zero-order valence-corrected chi connectivity index (χ0v) is 19.8. The van der Waals surface area contributed by atoms with E-state index in [1.165, 1.54) is 0 Å². The molecular formula is C31H26N4O. The number of carbonyl (C=O) groups is 1. The maximum absolute atomic E-state index is 14.0. The first-order valence-electron chi connectivity index (χ1n) is 11.9. The Morgan fingerprint density at radius 2 is 1.39 bits per heavy atom. The Morgan fingerprint density at radius 1 is 0.694 bits per heavy atom. The Hall–Kier alpha value is -4.64. The van der Waals surface area contributed by atoms with E-state index < -0.39 is 0 Å². The van der Waals surface area contributed by atoms with E-state index >= 15 is 0 Å². The molecule has 176 valence electrons. The predicted molar refractivity (Wildman–Crippen MR) is 141 cm³/mol. The molecule has 3 heterocycles. The molecule has 0 bridgehead atoms.